The lowest BCUT2D eigenvalue weighted by atomic mass is 9.97. The second-order valence-electron chi connectivity index (χ2n) is 24.6. The average Bonchev–Trinajstić information content (AvgIpc) is 2.07. The first-order valence-electron chi connectivity index (χ1n) is 35.5. The molecule has 2 aliphatic rings. The van der Waals surface area contributed by atoms with Gasteiger partial charge in [0.2, 0.25) is 5.91 Å². The Morgan fingerprint density at radius 3 is 1.25 bits per heavy atom. The summed E-state index contributed by atoms with van der Waals surface area (Å²) in [6.07, 6.45) is 64.6. The lowest BCUT2D eigenvalue weighted by Crippen LogP contribution is -2.65. The molecule has 0 aromatic carbocycles. The van der Waals surface area contributed by atoms with E-state index in [4.69, 9.17) is 18.9 Å². The van der Waals surface area contributed by atoms with Crippen molar-refractivity contribution >= 4 is 5.91 Å². The molecular formula is C74H129NO13. The zero-order chi connectivity index (χ0) is 63.8. The number of hydrogen-bond donors (Lipinski definition) is 9. The van der Waals surface area contributed by atoms with E-state index in [1.54, 1.807) is 6.08 Å². The minimum absolute atomic E-state index is 0.251. The molecule has 14 nitrogen and oxygen atoms in total. The van der Waals surface area contributed by atoms with Gasteiger partial charge in [0.1, 0.15) is 48.8 Å². The van der Waals surface area contributed by atoms with Crippen molar-refractivity contribution in [2.75, 3.05) is 19.8 Å². The SMILES string of the molecule is CC/C=C\C/C=C\C/C=C\C/C=C\C/C=C\C/C=C\CCCCCCCCC(=O)NC(COC1OC(CO)C(OC2OC(CO)C(O)C(O)C2O)C(O)C1O)C(O)/C=C/CC/C=C/CCCCCCCCCCCCCCCCCCCCCCCCC. The standard InChI is InChI=1S/C74H129NO13/c1-3-5-7-9-11-13-15-17-19-21-23-25-27-29-30-31-32-34-35-37-39-41-43-45-47-49-51-53-55-57-63(78)62(61-85-73-71(84)69(82)72(65(60-77)87-73)88-74-70(83)68(81)67(80)64(59-76)86-74)75-66(79)58-56-54-52-50-48-46-44-42-40-38-36-33-28-26-24-22-20-18-16-14-12-10-8-6-4-2/h6,8,12,14,18,20,24,26,33,36,40,42,47,49,55,57,62-65,67-74,76-78,80-84H,3-5,7,9-11,13,15-17,19,21-23,25,27-32,34-35,37-39,41,43-46,48,50-54,56,58-61H2,1-2H3,(H,75,79)/b8-6-,14-12-,20-18-,26-24-,36-33-,42-40-,49-47+,57-55+. The van der Waals surface area contributed by atoms with E-state index in [1.165, 1.54) is 148 Å². The summed E-state index contributed by atoms with van der Waals surface area (Å²) < 4.78 is 22.8. The Hall–Kier alpha value is -3.09. The lowest BCUT2D eigenvalue weighted by Gasteiger charge is -2.46. The van der Waals surface area contributed by atoms with Gasteiger partial charge in [-0.3, -0.25) is 4.79 Å². The smallest absolute Gasteiger partial charge is 0.220 e. The van der Waals surface area contributed by atoms with Gasteiger partial charge in [0, 0.05) is 6.42 Å². The van der Waals surface area contributed by atoms with E-state index in [-0.39, 0.29) is 18.9 Å². The molecule has 2 saturated heterocycles. The third kappa shape index (κ3) is 41.4. The van der Waals surface area contributed by atoms with E-state index in [2.05, 4.69) is 104 Å². The number of rotatable bonds is 57. The van der Waals surface area contributed by atoms with Crippen LogP contribution in [0.5, 0.6) is 0 Å². The van der Waals surface area contributed by atoms with Crippen molar-refractivity contribution in [1.29, 1.82) is 0 Å². The van der Waals surface area contributed by atoms with Crippen LogP contribution in [0.2, 0.25) is 0 Å². The normalized spacial score (nSPS) is 23.8. The highest BCUT2D eigenvalue weighted by atomic mass is 16.7. The Bertz CT molecular complexity index is 1850. The molecule has 0 radical (unpaired) electrons. The minimum Gasteiger partial charge on any atom is -0.394 e. The minimum atomic E-state index is -1.80. The van der Waals surface area contributed by atoms with Gasteiger partial charge in [-0.25, -0.2) is 0 Å². The van der Waals surface area contributed by atoms with Gasteiger partial charge < -0.3 is 65.1 Å². The summed E-state index contributed by atoms with van der Waals surface area (Å²) in [5.74, 6) is -0.265. The van der Waals surface area contributed by atoms with Gasteiger partial charge in [-0.2, -0.15) is 0 Å². The van der Waals surface area contributed by atoms with E-state index in [1.807, 2.05) is 6.08 Å². The van der Waals surface area contributed by atoms with Crippen molar-refractivity contribution in [1.82, 2.24) is 5.32 Å². The van der Waals surface area contributed by atoms with Crippen LogP contribution in [0, 0.1) is 0 Å². The van der Waals surface area contributed by atoms with Gasteiger partial charge in [0.05, 0.1) is 32.0 Å². The Kier molecular flexibility index (Phi) is 53.2. The molecule has 0 aromatic heterocycles. The van der Waals surface area contributed by atoms with Crippen molar-refractivity contribution in [3.05, 3.63) is 97.2 Å². The number of allylic oxidation sites excluding steroid dienone is 15. The van der Waals surface area contributed by atoms with Crippen LogP contribution in [0.25, 0.3) is 0 Å². The Morgan fingerprint density at radius 2 is 0.795 bits per heavy atom. The largest absolute Gasteiger partial charge is 0.394 e. The number of amides is 1. The molecule has 1 amide bonds. The number of ether oxygens (including phenoxy) is 4. The number of aliphatic hydroxyl groups is 8. The Balaban J connectivity index is 1.71. The molecule has 0 aliphatic carbocycles. The van der Waals surface area contributed by atoms with Gasteiger partial charge in [-0.15, -0.1) is 0 Å². The maximum Gasteiger partial charge on any atom is 0.220 e. The van der Waals surface area contributed by atoms with Crippen LogP contribution in [0.1, 0.15) is 271 Å². The summed E-state index contributed by atoms with van der Waals surface area (Å²) in [4.78, 5) is 13.3. The molecule has 9 N–H and O–H groups in total. The molecule has 12 atom stereocenters. The van der Waals surface area contributed by atoms with Crippen LogP contribution in [-0.2, 0) is 23.7 Å². The van der Waals surface area contributed by atoms with Crippen LogP contribution < -0.4 is 5.32 Å². The monoisotopic (exact) mass is 1240 g/mol. The fraction of sp³-hybridized carbons (Fsp3) is 0.770. The van der Waals surface area contributed by atoms with Gasteiger partial charge in [0.15, 0.2) is 12.6 Å². The van der Waals surface area contributed by atoms with Crippen LogP contribution in [-0.4, -0.2) is 140 Å². The molecule has 0 spiro atoms. The topological polar surface area (TPSA) is 228 Å². The van der Waals surface area contributed by atoms with Gasteiger partial charge in [0.25, 0.3) is 0 Å². The first kappa shape index (κ1) is 81.0. The van der Waals surface area contributed by atoms with Crippen molar-refractivity contribution < 1.29 is 64.6 Å². The number of hydrogen-bond acceptors (Lipinski definition) is 13. The van der Waals surface area contributed by atoms with Crippen LogP contribution in [0.3, 0.4) is 0 Å². The molecule has 0 bridgehead atoms. The summed E-state index contributed by atoms with van der Waals surface area (Å²) >= 11 is 0. The number of aliphatic hydroxyl groups excluding tert-OH is 8. The summed E-state index contributed by atoms with van der Waals surface area (Å²) in [5.41, 5.74) is 0. The number of carbonyl (C=O) groups excluding carboxylic acids is 1. The molecule has 2 rings (SSSR count). The highest BCUT2D eigenvalue weighted by molar-refractivity contribution is 5.76. The highest BCUT2D eigenvalue weighted by Crippen LogP contribution is 2.30. The van der Waals surface area contributed by atoms with E-state index in [9.17, 15) is 45.6 Å². The fourth-order valence-electron chi connectivity index (χ4n) is 11.1. The van der Waals surface area contributed by atoms with Crippen LogP contribution in [0.4, 0.5) is 0 Å². The van der Waals surface area contributed by atoms with Gasteiger partial charge in [-0.1, -0.05) is 278 Å². The quantitative estimate of drug-likeness (QED) is 0.0204. The average molecular weight is 1240 g/mol. The molecule has 508 valence electrons. The molecule has 2 aliphatic heterocycles. The molecular weight excluding hydrogens is 1110 g/mol. The zero-order valence-corrected chi connectivity index (χ0v) is 55.2. The summed E-state index contributed by atoms with van der Waals surface area (Å²) in [6.45, 7) is 2.68. The predicted octanol–water partition coefficient (Wildman–Crippen LogP) is 14.6. The zero-order valence-electron chi connectivity index (χ0n) is 55.2. The molecule has 12 unspecified atom stereocenters. The van der Waals surface area contributed by atoms with E-state index < -0.39 is 86.8 Å². The van der Waals surface area contributed by atoms with E-state index in [0.29, 0.717) is 12.8 Å². The Labute approximate surface area is 534 Å². The first-order valence-corrected chi connectivity index (χ1v) is 35.5. The molecule has 2 heterocycles. The number of unbranched alkanes of at least 4 members (excludes halogenated alkanes) is 30. The van der Waals surface area contributed by atoms with Gasteiger partial charge in [-0.05, 0) is 83.5 Å². The Morgan fingerprint density at radius 1 is 0.420 bits per heavy atom. The maximum absolute atomic E-state index is 13.3. The second kappa shape index (κ2) is 57.8. The van der Waals surface area contributed by atoms with Crippen molar-refractivity contribution in [3.63, 3.8) is 0 Å². The summed E-state index contributed by atoms with van der Waals surface area (Å²) in [5, 5.41) is 87.4. The predicted molar refractivity (Wildman–Crippen MR) is 359 cm³/mol. The van der Waals surface area contributed by atoms with Crippen LogP contribution in [0.15, 0.2) is 97.2 Å². The van der Waals surface area contributed by atoms with E-state index >= 15 is 0 Å². The lowest BCUT2D eigenvalue weighted by molar-refractivity contribution is -0.359. The van der Waals surface area contributed by atoms with Crippen molar-refractivity contribution in [2.45, 2.75) is 344 Å². The highest BCUT2D eigenvalue weighted by Gasteiger charge is 2.51. The second-order valence-corrected chi connectivity index (χ2v) is 24.6. The van der Waals surface area contributed by atoms with Crippen LogP contribution >= 0.6 is 0 Å². The summed E-state index contributed by atoms with van der Waals surface area (Å²) in [6, 6.07) is -0.948. The van der Waals surface area contributed by atoms with Gasteiger partial charge >= 0.3 is 0 Å². The van der Waals surface area contributed by atoms with Crippen molar-refractivity contribution in [2.24, 2.45) is 0 Å². The molecule has 0 aromatic rings. The summed E-state index contributed by atoms with van der Waals surface area (Å²) in [7, 11) is 0. The number of carbonyl (C=O) groups is 1. The number of nitrogens with one attached hydrogen (secondary N) is 1. The maximum atomic E-state index is 13.3. The fourth-order valence-corrected chi connectivity index (χ4v) is 11.1. The molecule has 0 saturated carbocycles. The molecule has 88 heavy (non-hydrogen) atoms. The molecule has 2 fully saturated rings. The third-order valence-corrected chi connectivity index (χ3v) is 16.8. The van der Waals surface area contributed by atoms with Crippen molar-refractivity contribution in [3.8, 4) is 0 Å². The first-order chi connectivity index (χ1) is 43.1. The third-order valence-electron chi connectivity index (χ3n) is 16.8. The molecule has 14 heteroatoms. The van der Waals surface area contributed by atoms with E-state index in [0.717, 1.165) is 89.9 Å².